The first-order valence-electron chi connectivity index (χ1n) is 5.55. The molecule has 14 heavy (non-hydrogen) atoms. The fraction of sp³-hybridized carbons (Fsp3) is 0.538. The minimum atomic E-state index is 0.689. The second-order valence-electron chi connectivity index (χ2n) is 4.43. The highest BCUT2D eigenvalue weighted by atomic mass is 14.9. The van der Waals surface area contributed by atoms with E-state index in [4.69, 9.17) is 0 Å². The van der Waals surface area contributed by atoms with Crippen molar-refractivity contribution in [1.82, 2.24) is 5.32 Å². The quantitative estimate of drug-likeness (QED) is 0.768. The molecule has 1 nitrogen and oxygen atoms in total. The molecule has 0 amide bonds. The third-order valence-corrected chi connectivity index (χ3v) is 3.20. The smallest absolute Gasteiger partial charge is 0.0210 e. The first-order chi connectivity index (χ1) is 6.77. The van der Waals surface area contributed by atoms with E-state index in [2.05, 4.69) is 43.4 Å². The van der Waals surface area contributed by atoms with Gasteiger partial charge in [0.1, 0.15) is 0 Å². The zero-order chi connectivity index (χ0) is 9.97. The Morgan fingerprint density at radius 3 is 2.71 bits per heavy atom. The number of hydrogen-bond acceptors (Lipinski definition) is 1. The van der Waals surface area contributed by atoms with E-state index in [1.807, 2.05) is 0 Å². The third-order valence-electron chi connectivity index (χ3n) is 3.20. The molecule has 1 aliphatic rings. The summed E-state index contributed by atoms with van der Waals surface area (Å²) in [7, 11) is 0. The highest BCUT2D eigenvalue weighted by Crippen LogP contribution is 2.32. The Bertz CT molecular complexity index is 302. The van der Waals surface area contributed by atoms with Crippen LogP contribution in [0, 0.1) is 12.8 Å². The van der Waals surface area contributed by atoms with E-state index in [9.17, 15) is 0 Å². The lowest BCUT2D eigenvalue weighted by Crippen LogP contribution is -2.27. The van der Waals surface area contributed by atoms with Gasteiger partial charge in [0.05, 0.1) is 0 Å². The van der Waals surface area contributed by atoms with E-state index in [-0.39, 0.29) is 0 Å². The molecule has 1 aromatic rings. The van der Waals surface area contributed by atoms with Crippen molar-refractivity contribution in [1.29, 1.82) is 0 Å². The molecule has 1 N–H and O–H groups in total. The van der Waals surface area contributed by atoms with Crippen molar-refractivity contribution < 1.29 is 0 Å². The Kier molecular flexibility index (Phi) is 2.87. The molecule has 0 bridgehead atoms. The summed E-state index contributed by atoms with van der Waals surface area (Å²) in [5.41, 5.74) is 2.82. The lowest BCUT2D eigenvalue weighted by Gasteiger charge is -2.13. The standard InChI is InChI=1S/C13H19N/c1-10-5-3-4-6-13(10)9-14-11(2)12-7-8-12/h3-6,11-12,14H,7-9H2,1-2H3. The molecular formula is C13H19N. The molecule has 1 heteroatoms. The van der Waals surface area contributed by atoms with Crippen molar-refractivity contribution in [3.05, 3.63) is 35.4 Å². The summed E-state index contributed by atoms with van der Waals surface area (Å²) in [6, 6.07) is 9.30. The van der Waals surface area contributed by atoms with Gasteiger partial charge in [0.2, 0.25) is 0 Å². The van der Waals surface area contributed by atoms with E-state index in [0.717, 1.165) is 12.5 Å². The summed E-state index contributed by atoms with van der Waals surface area (Å²) in [6.07, 6.45) is 2.84. The van der Waals surface area contributed by atoms with Gasteiger partial charge in [-0.2, -0.15) is 0 Å². The molecule has 1 aromatic carbocycles. The van der Waals surface area contributed by atoms with Crippen LogP contribution in [0.15, 0.2) is 24.3 Å². The second kappa shape index (κ2) is 4.14. The van der Waals surface area contributed by atoms with Crippen LogP contribution in [0.25, 0.3) is 0 Å². The van der Waals surface area contributed by atoms with Gasteiger partial charge in [0.25, 0.3) is 0 Å². The third kappa shape index (κ3) is 2.36. The molecule has 0 aliphatic heterocycles. The van der Waals surface area contributed by atoms with E-state index in [0.29, 0.717) is 6.04 Å². The monoisotopic (exact) mass is 189 g/mol. The van der Waals surface area contributed by atoms with Crippen molar-refractivity contribution >= 4 is 0 Å². The fourth-order valence-corrected chi connectivity index (χ4v) is 1.84. The number of nitrogens with one attached hydrogen (secondary N) is 1. The summed E-state index contributed by atoms with van der Waals surface area (Å²) < 4.78 is 0. The Hall–Kier alpha value is -0.820. The second-order valence-corrected chi connectivity index (χ2v) is 4.43. The van der Waals surface area contributed by atoms with Gasteiger partial charge in [-0.3, -0.25) is 0 Å². The van der Waals surface area contributed by atoms with Gasteiger partial charge >= 0.3 is 0 Å². The molecule has 0 spiro atoms. The molecular weight excluding hydrogens is 170 g/mol. The first kappa shape index (κ1) is 9.72. The number of hydrogen-bond donors (Lipinski definition) is 1. The normalized spacial score (nSPS) is 18.1. The zero-order valence-electron chi connectivity index (χ0n) is 9.09. The number of rotatable bonds is 4. The van der Waals surface area contributed by atoms with E-state index in [1.165, 1.54) is 24.0 Å². The molecule has 0 radical (unpaired) electrons. The molecule has 1 atom stereocenters. The average Bonchev–Trinajstić information content (AvgIpc) is 2.99. The van der Waals surface area contributed by atoms with E-state index < -0.39 is 0 Å². The number of aryl methyl sites for hydroxylation is 1. The van der Waals surface area contributed by atoms with Crippen molar-refractivity contribution in [2.24, 2.45) is 5.92 Å². The van der Waals surface area contributed by atoms with Gasteiger partial charge in [-0.15, -0.1) is 0 Å². The van der Waals surface area contributed by atoms with Gasteiger partial charge < -0.3 is 5.32 Å². The molecule has 0 heterocycles. The molecule has 1 aliphatic carbocycles. The Labute approximate surface area is 86.5 Å². The SMILES string of the molecule is Cc1ccccc1CNC(C)C1CC1. The van der Waals surface area contributed by atoms with Crippen LogP contribution in [-0.2, 0) is 6.54 Å². The first-order valence-corrected chi connectivity index (χ1v) is 5.55. The molecule has 1 fully saturated rings. The van der Waals surface area contributed by atoms with Crippen molar-refractivity contribution in [2.75, 3.05) is 0 Å². The zero-order valence-corrected chi connectivity index (χ0v) is 9.09. The van der Waals surface area contributed by atoms with Gasteiger partial charge in [-0.1, -0.05) is 24.3 Å². The minimum Gasteiger partial charge on any atom is -0.310 e. The summed E-state index contributed by atoms with van der Waals surface area (Å²) >= 11 is 0. The minimum absolute atomic E-state index is 0.689. The maximum atomic E-state index is 3.60. The van der Waals surface area contributed by atoms with Crippen molar-refractivity contribution in [3.8, 4) is 0 Å². The van der Waals surface area contributed by atoms with Crippen LogP contribution < -0.4 is 5.32 Å². The van der Waals surface area contributed by atoms with Gasteiger partial charge in [0.15, 0.2) is 0 Å². The summed E-state index contributed by atoms with van der Waals surface area (Å²) in [4.78, 5) is 0. The van der Waals surface area contributed by atoms with Crippen LogP contribution in [0.5, 0.6) is 0 Å². The average molecular weight is 189 g/mol. The fourth-order valence-electron chi connectivity index (χ4n) is 1.84. The maximum absolute atomic E-state index is 3.60. The highest BCUT2D eigenvalue weighted by Gasteiger charge is 2.27. The molecule has 0 saturated heterocycles. The molecule has 1 unspecified atom stereocenters. The predicted octanol–water partition coefficient (Wildman–Crippen LogP) is 2.88. The van der Waals surface area contributed by atoms with Crippen LogP contribution in [0.2, 0.25) is 0 Å². The lowest BCUT2D eigenvalue weighted by molar-refractivity contribution is 0.495. The van der Waals surface area contributed by atoms with Crippen LogP contribution in [0.4, 0.5) is 0 Å². The van der Waals surface area contributed by atoms with Crippen molar-refractivity contribution in [2.45, 2.75) is 39.3 Å². The van der Waals surface area contributed by atoms with Gasteiger partial charge in [0, 0.05) is 12.6 Å². The Morgan fingerprint density at radius 2 is 2.07 bits per heavy atom. The predicted molar refractivity (Wildman–Crippen MR) is 60.2 cm³/mol. The molecule has 1 saturated carbocycles. The van der Waals surface area contributed by atoms with Crippen LogP contribution in [-0.4, -0.2) is 6.04 Å². The van der Waals surface area contributed by atoms with Gasteiger partial charge in [-0.25, -0.2) is 0 Å². The summed E-state index contributed by atoms with van der Waals surface area (Å²) in [5.74, 6) is 0.944. The van der Waals surface area contributed by atoms with Gasteiger partial charge in [-0.05, 0) is 43.7 Å². The summed E-state index contributed by atoms with van der Waals surface area (Å²) in [5, 5.41) is 3.60. The van der Waals surface area contributed by atoms with Crippen LogP contribution >= 0.6 is 0 Å². The van der Waals surface area contributed by atoms with E-state index in [1.54, 1.807) is 0 Å². The van der Waals surface area contributed by atoms with Crippen LogP contribution in [0.3, 0.4) is 0 Å². The van der Waals surface area contributed by atoms with Crippen molar-refractivity contribution in [3.63, 3.8) is 0 Å². The lowest BCUT2D eigenvalue weighted by atomic mass is 10.1. The molecule has 0 aromatic heterocycles. The summed E-state index contributed by atoms with van der Waals surface area (Å²) in [6.45, 7) is 5.50. The maximum Gasteiger partial charge on any atom is 0.0210 e. The molecule has 76 valence electrons. The van der Waals surface area contributed by atoms with Crippen LogP contribution in [0.1, 0.15) is 30.9 Å². The topological polar surface area (TPSA) is 12.0 Å². The molecule has 2 rings (SSSR count). The Balaban J connectivity index is 1.87. The largest absolute Gasteiger partial charge is 0.310 e. The number of benzene rings is 1. The Morgan fingerprint density at radius 1 is 1.36 bits per heavy atom. The highest BCUT2D eigenvalue weighted by molar-refractivity contribution is 5.25. The van der Waals surface area contributed by atoms with E-state index >= 15 is 0 Å².